The van der Waals surface area contributed by atoms with Gasteiger partial charge in [0.1, 0.15) is 11.8 Å². The quantitative estimate of drug-likeness (QED) is 0.751. The van der Waals surface area contributed by atoms with Crippen LogP contribution in [0.2, 0.25) is 0 Å². The van der Waals surface area contributed by atoms with Crippen molar-refractivity contribution in [3.05, 3.63) is 0 Å². The Balaban J connectivity index is 4.42. The zero-order chi connectivity index (χ0) is 12.9. The molecule has 0 rings (SSSR count). The monoisotopic (exact) mass is 235 g/mol. The van der Waals surface area contributed by atoms with Gasteiger partial charge in [0.15, 0.2) is 6.04 Å². The minimum absolute atomic E-state index is 0.704. The lowest BCUT2D eigenvalue weighted by molar-refractivity contribution is -0.144. The van der Waals surface area contributed by atoms with Crippen LogP contribution in [0.5, 0.6) is 0 Å². The second-order valence-electron chi connectivity index (χ2n) is 4.32. The molecule has 1 amide bonds. The van der Waals surface area contributed by atoms with Gasteiger partial charge in [-0.05, 0) is 27.7 Å². The van der Waals surface area contributed by atoms with Crippen molar-refractivity contribution in [3.63, 3.8) is 0 Å². The summed E-state index contributed by atoms with van der Waals surface area (Å²) in [7, 11) is 1.12. The molecule has 0 radical (unpaired) electrons. The summed E-state index contributed by atoms with van der Waals surface area (Å²) in [4.78, 5) is 22.4. The molecule has 0 saturated carbocycles. The van der Waals surface area contributed by atoms with Crippen molar-refractivity contribution in [3.8, 4) is 0 Å². The standard InChI is InChI=1S/C10H18FNO4/c1-6(11)7(8(13)15-5)12-9(14)16-10(2,3)4/h6-7H,1-5H3,(H,12,14). The maximum atomic E-state index is 13.0. The Kier molecular flexibility index (Phi) is 5.20. The number of ether oxygens (including phenoxy) is 2. The minimum Gasteiger partial charge on any atom is -0.467 e. The molecule has 2 unspecified atom stereocenters. The molecule has 0 aromatic rings. The molecule has 0 fully saturated rings. The number of carbonyl (C=O) groups excluding carboxylic acids is 2. The van der Waals surface area contributed by atoms with Gasteiger partial charge in [-0.25, -0.2) is 14.0 Å². The van der Waals surface area contributed by atoms with Crippen molar-refractivity contribution in [2.45, 2.75) is 45.5 Å². The van der Waals surface area contributed by atoms with Crippen LogP contribution < -0.4 is 5.32 Å². The number of rotatable bonds is 3. The SMILES string of the molecule is COC(=O)C(NC(=O)OC(C)(C)C)C(C)F. The third-order valence-electron chi connectivity index (χ3n) is 1.59. The lowest BCUT2D eigenvalue weighted by Crippen LogP contribution is -2.48. The smallest absolute Gasteiger partial charge is 0.408 e. The first kappa shape index (κ1) is 14.7. The molecule has 0 aromatic carbocycles. The van der Waals surface area contributed by atoms with Gasteiger partial charge >= 0.3 is 12.1 Å². The first-order valence-electron chi connectivity index (χ1n) is 4.89. The minimum atomic E-state index is -1.56. The molecule has 0 spiro atoms. The van der Waals surface area contributed by atoms with Crippen LogP contribution in [0.1, 0.15) is 27.7 Å². The van der Waals surface area contributed by atoms with Crippen LogP contribution in [0.25, 0.3) is 0 Å². The van der Waals surface area contributed by atoms with Gasteiger partial charge in [-0.3, -0.25) is 0 Å². The van der Waals surface area contributed by atoms with E-state index in [4.69, 9.17) is 4.74 Å². The van der Waals surface area contributed by atoms with Crippen molar-refractivity contribution in [2.75, 3.05) is 7.11 Å². The first-order chi connectivity index (χ1) is 7.17. The zero-order valence-electron chi connectivity index (χ0n) is 10.2. The van der Waals surface area contributed by atoms with Crippen LogP contribution in [-0.4, -0.2) is 37.0 Å². The van der Waals surface area contributed by atoms with E-state index >= 15 is 0 Å². The molecule has 0 aliphatic rings. The Morgan fingerprint density at radius 2 is 1.81 bits per heavy atom. The number of amides is 1. The zero-order valence-corrected chi connectivity index (χ0v) is 10.2. The fourth-order valence-electron chi connectivity index (χ4n) is 0.923. The van der Waals surface area contributed by atoms with E-state index in [-0.39, 0.29) is 0 Å². The van der Waals surface area contributed by atoms with Crippen molar-refractivity contribution in [2.24, 2.45) is 0 Å². The van der Waals surface area contributed by atoms with Crippen LogP contribution in [0, 0.1) is 0 Å². The van der Waals surface area contributed by atoms with E-state index in [1.165, 1.54) is 0 Å². The van der Waals surface area contributed by atoms with Gasteiger partial charge in [0, 0.05) is 0 Å². The van der Waals surface area contributed by atoms with Gasteiger partial charge in [-0.15, -0.1) is 0 Å². The van der Waals surface area contributed by atoms with Crippen LogP contribution in [0.4, 0.5) is 9.18 Å². The average Bonchev–Trinajstić information content (AvgIpc) is 2.09. The summed E-state index contributed by atoms with van der Waals surface area (Å²) < 4.78 is 22.3. The second kappa shape index (κ2) is 5.67. The highest BCUT2D eigenvalue weighted by Gasteiger charge is 2.29. The Labute approximate surface area is 94.3 Å². The maximum absolute atomic E-state index is 13.0. The van der Waals surface area contributed by atoms with Crippen LogP contribution >= 0.6 is 0 Å². The third-order valence-corrected chi connectivity index (χ3v) is 1.59. The molecule has 6 heteroatoms. The van der Waals surface area contributed by atoms with Gasteiger partial charge in [-0.2, -0.15) is 0 Å². The van der Waals surface area contributed by atoms with E-state index in [0.717, 1.165) is 14.0 Å². The summed E-state index contributed by atoms with van der Waals surface area (Å²) in [5, 5.41) is 2.11. The lowest BCUT2D eigenvalue weighted by atomic mass is 10.2. The van der Waals surface area contributed by atoms with Crippen LogP contribution in [0.15, 0.2) is 0 Å². The van der Waals surface area contributed by atoms with Crippen LogP contribution in [-0.2, 0) is 14.3 Å². The van der Waals surface area contributed by atoms with Crippen LogP contribution in [0.3, 0.4) is 0 Å². The number of methoxy groups -OCH3 is 1. The fraction of sp³-hybridized carbons (Fsp3) is 0.800. The Morgan fingerprint density at radius 3 is 2.12 bits per heavy atom. The molecule has 16 heavy (non-hydrogen) atoms. The predicted molar refractivity (Wildman–Crippen MR) is 55.7 cm³/mol. The van der Waals surface area contributed by atoms with Gasteiger partial charge < -0.3 is 14.8 Å². The van der Waals surface area contributed by atoms with E-state index < -0.39 is 29.9 Å². The number of nitrogens with one attached hydrogen (secondary N) is 1. The highest BCUT2D eigenvalue weighted by Crippen LogP contribution is 2.08. The normalized spacial score (nSPS) is 14.9. The number of esters is 1. The predicted octanol–water partition coefficient (Wildman–Crippen LogP) is 1.41. The van der Waals surface area contributed by atoms with E-state index in [1.807, 2.05) is 0 Å². The largest absolute Gasteiger partial charge is 0.467 e. The molecule has 2 atom stereocenters. The molecule has 1 N–H and O–H groups in total. The molecule has 5 nitrogen and oxygen atoms in total. The maximum Gasteiger partial charge on any atom is 0.408 e. The fourth-order valence-corrected chi connectivity index (χ4v) is 0.923. The molecular weight excluding hydrogens is 217 g/mol. The first-order valence-corrected chi connectivity index (χ1v) is 4.89. The summed E-state index contributed by atoms with van der Waals surface area (Å²) in [6.45, 7) is 6.15. The number of hydrogen-bond donors (Lipinski definition) is 1. The highest BCUT2D eigenvalue weighted by atomic mass is 19.1. The van der Waals surface area contributed by atoms with E-state index in [9.17, 15) is 14.0 Å². The van der Waals surface area contributed by atoms with Gasteiger partial charge in [0.25, 0.3) is 0 Å². The average molecular weight is 235 g/mol. The summed E-state index contributed by atoms with van der Waals surface area (Å²) in [5.41, 5.74) is -0.704. The number of alkyl halides is 1. The third kappa shape index (κ3) is 5.53. The Morgan fingerprint density at radius 1 is 1.31 bits per heavy atom. The molecule has 0 aliphatic carbocycles. The molecule has 0 bridgehead atoms. The number of alkyl carbamates (subject to hydrolysis) is 1. The number of carbonyl (C=O) groups is 2. The van der Waals surface area contributed by atoms with Crippen molar-refractivity contribution < 1.29 is 23.5 Å². The molecule has 0 aliphatic heterocycles. The number of hydrogen-bond acceptors (Lipinski definition) is 4. The lowest BCUT2D eigenvalue weighted by Gasteiger charge is -2.23. The summed E-state index contributed by atoms with van der Waals surface area (Å²) >= 11 is 0. The van der Waals surface area contributed by atoms with Gasteiger partial charge in [-0.1, -0.05) is 0 Å². The van der Waals surface area contributed by atoms with Gasteiger partial charge in [0.05, 0.1) is 7.11 Å². The van der Waals surface area contributed by atoms with Gasteiger partial charge in [0.2, 0.25) is 0 Å². The second-order valence-corrected chi connectivity index (χ2v) is 4.32. The molecule has 0 aromatic heterocycles. The molecule has 0 saturated heterocycles. The topological polar surface area (TPSA) is 64.6 Å². The molecule has 0 heterocycles. The highest BCUT2D eigenvalue weighted by molar-refractivity contribution is 5.81. The van der Waals surface area contributed by atoms with E-state index in [2.05, 4.69) is 10.1 Å². The Bertz CT molecular complexity index is 260. The number of halogens is 1. The molecular formula is C10H18FNO4. The van der Waals surface area contributed by atoms with Crippen molar-refractivity contribution in [1.82, 2.24) is 5.32 Å². The van der Waals surface area contributed by atoms with Crippen molar-refractivity contribution in [1.29, 1.82) is 0 Å². The summed E-state index contributed by atoms with van der Waals surface area (Å²) in [5.74, 6) is -0.846. The summed E-state index contributed by atoms with van der Waals surface area (Å²) in [6, 6.07) is -1.35. The molecule has 94 valence electrons. The Hall–Kier alpha value is -1.33. The van der Waals surface area contributed by atoms with E-state index in [1.54, 1.807) is 20.8 Å². The van der Waals surface area contributed by atoms with Crippen molar-refractivity contribution >= 4 is 12.1 Å². The summed E-state index contributed by atoms with van der Waals surface area (Å²) in [6.07, 6.45) is -2.41. The van der Waals surface area contributed by atoms with E-state index in [0.29, 0.717) is 0 Å².